The van der Waals surface area contributed by atoms with Crippen LogP contribution in [0.3, 0.4) is 0 Å². The third kappa shape index (κ3) is 6.24. The molecule has 0 bridgehead atoms. The number of nitriles is 1. The van der Waals surface area contributed by atoms with Crippen molar-refractivity contribution in [1.82, 2.24) is 0 Å². The van der Waals surface area contributed by atoms with E-state index in [0.29, 0.717) is 16.1 Å². The maximum atomic E-state index is 13.6. The lowest BCUT2D eigenvalue weighted by Crippen LogP contribution is -2.13. The fourth-order valence-electron chi connectivity index (χ4n) is 4.62. The zero-order chi connectivity index (χ0) is 23.6. The first kappa shape index (κ1) is 24.0. The SMILES string of the molecule is N#Cc1c(NC(=O)/C(=C/c2ccccc2)c2ccccc2)sc2c1CCCCCCCCCC2. The number of fused-ring (bicyclic) bond motifs is 1. The van der Waals surface area contributed by atoms with Gasteiger partial charge in [0.05, 0.1) is 5.56 Å². The fourth-order valence-corrected chi connectivity index (χ4v) is 5.85. The van der Waals surface area contributed by atoms with Gasteiger partial charge in [0.15, 0.2) is 0 Å². The van der Waals surface area contributed by atoms with E-state index in [0.717, 1.165) is 42.4 Å². The average Bonchev–Trinajstić information content (AvgIpc) is 3.19. The summed E-state index contributed by atoms with van der Waals surface area (Å²) in [5.74, 6) is -0.177. The average molecular weight is 469 g/mol. The zero-order valence-electron chi connectivity index (χ0n) is 19.7. The van der Waals surface area contributed by atoms with Gasteiger partial charge in [0.25, 0.3) is 5.91 Å². The first-order chi connectivity index (χ1) is 16.8. The van der Waals surface area contributed by atoms with E-state index in [-0.39, 0.29) is 5.91 Å². The molecule has 0 saturated heterocycles. The Bertz CT molecular complexity index is 1160. The van der Waals surface area contributed by atoms with Crippen LogP contribution in [0, 0.1) is 11.3 Å². The molecule has 0 unspecified atom stereocenters. The quantitative estimate of drug-likeness (QED) is 0.311. The van der Waals surface area contributed by atoms with Crippen molar-refractivity contribution >= 4 is 33.9 Å². The highest BCUT2D eigenvalue weighted by Crippen LogP contribution is 2.36. The fraction of sp³-hybridized carbons (Fsp3) is 0.333. The molecule has 3 nitrogen and oxygen atoms in total. The number of rotatable bonds is 4. The van der Waals surface area contributed by atoms with Gasteiger partial charge in [-0.05, 0) is 48.4 Å². The molecular formula is C30H32N2OS. The highest BCUT2D eigenvalue weighted by atomic mass is 32.1. The lowest BCUT2D eigenvalue weighted by Gasteiger charge is -2.09. The number of hydrogen-bond donors (Lipinski definition) is 1. The topological polar surface area (TPSA) is 52.9 Å². The van der Waals surface area contributed by atoms with E-state index in [2.05, 4.69) is 11.4 Å². The summed E-state index contributed by atoms with van der Waals surface area (Å²) in [6.07, 6.45) is 13.8. The Morgan fingerprint density at radius 2 is 1.41 bits per heavy atom. The van der Waals surface area contributed by atoms with E-state index >= 15 is 0 Å². The molecule has 1 amide bonds. The summed E-state index contributed by atoms with van der Waals surface area (Å²) in [5, 5.41) is 13.9. The molecule has 1 aliphatic rings. The van der Waals surface area contributed by atoms with Crippen LogP contribution in [0.5, 0.6) is 0 Å². The highest BCUT2D eigenvalue weighted by Gasteiger charge is 2.21. The predicted molar refractivity (Wildman–Crippen MR) is 143 cm³/mol. The van der Waals surface area contributed by atoms with Crippen LogP contribution in [0.2, 0.25) is 0 Å². The van der Waals surface area contributed by atoms with E-state index in [9.17, 15) is 10.1 Å². The molecule has 1 N–H and O–H groups in total. The molecule has 174 valence electrons. The first-order valence-corrected chi connectivity index (χ1v) is 13.3. The van der Waals surface area contributed by atoms with Crippen LogP contribution in [-0.2, 0) is 17.6 Å². The second-order valence-electron chi connectivity index (χ2n) is 8.94. The Morgan fingerprint density at radius 1 is 0.824 bits per heavy atom. The van der Waals surface area contributed by atoms with E-state index in [1.54, 1.807) is 11.3 Å². The van der Waals surface area contributed by atoms with Gasteiger partial charge in [-0.25, -0.2) is 0 Å². The lowest BCUT2D eigenvalue weighted by atomic mass is 9.98. The largest absolute Gasteiger partial charge is 0.312 e. The van der Waals surface area contributed by atoms with Gasteiger partial charge < -0.3 is 5.32 Å². The van der Waals surface area contributed by atoms with Gasteiger partial charge in [-0.15, -0.1) is 11.3 Å². The minimum atomic E-state index is -0.177. The van der Waals surface area contributed by atoms with Crippen LogP contribution in [0.25, 0.3) is 11.6 Å². The normalized spacial score (nSPS) is 15.3. The summed E-state index contributed by atoms with van der Waals surface area (Å²) in [6.45, 7) is 0. The number of anilines is 1. The van der Waals surface area contributed by atoms with E-state index < -0.39 is 0 Å². The van der Waals surface area contributed by atoms with Crippen LogP contribution in [-0.4, -0.2) is 5.91 Å². The summed E-state index contributed by atoms with van der Waals surface area (Å²) in [4.78, 5) is 14.8. The molecule has 1 aliphatic carbocycles. The summed E-state index contributed by atoms with van der Waals surface area (Å²) in [5.41, 5.74) is 4.25. The smallest absolute Gasteiger partial charge is 0.256 e. The van der Waals surface area contributed by atoms with Gasteiger partial charge in [0.2, 0.25) is 0 Å². The van der Waals surface area contributed by atoms with Gasteiger partial charge in [0, 0.05) is 10.5 Å². The van der Waals surface area contributed by atoms with E-state index in [4.69, 9.17) is 0 Å². The Labute approximate surface area is 207 Å². The summed E-state index contributed by atoms with van der Waals surface area (Å²) in [7, 11) is 0. The van der Waals surface area contributed by atoms with Gasteiger partial charge in [-0.2, -0.15) is 5.26 Å². The Hall–Kier alpha value is -3.16. The minimum absolute atomic E-state index is 0.177. The van der Waals surface area contributed by atoms with Crippen LogP contribution >= 0.6 is 11.3 Å². The molecule has 1 heterocycles. The molecule has 4 heteroatoms. The zero-order valence-corrected chi connectivity index (χ0v) is 20.5. The van der Waals surface area contributed by atoms with Crippen molar-refractivity contribution in [3.05, 3.63) is 87.8 Å². The maximum absolute atomic E-state index is 13.6. The minimum Gasteiger partial charge on any atom is -0.312 e. The van der Waals surface area contributed by atoms with Crippen molar-refractivity contribution in [2.75, 3.05) is 5.32 Å². The maximum Gasteiger partial charge on any atom is 0.256 e. The van der Waals surface area contributed by atoms with E-state index in [1.165, 1.54) is 43.4 Å². The second-order valence-corrected chi connectivity index (χ2v) is 10.0. The summed E-state index contributed by atoms with van der Waals surface area (Å²) >= 11 is 1.60. The van der Waals surface area contributed by atoms with Crippen molar-refractivity contribution in [1.29, 1.82) is 5.26 Å². The molecule has 0 atom stereocenters. The van der Waals surface area contributed by atoms with Gasteiger partial charge in [-0.3, -0.25) is 4.79 Å². The molecule has 1 aromatic heterocycles. The van der Waals surface area contributed by atoms with Crippen LogP contribution in [0.15, 0.2) is 60.7 Å². The number of thiophene rings is 1. The van der Waals surface area contributed by atoms with Crippen molar-refractivity contribution in [3.63, 3.8) is 0 Å². The molecule has 0 saturated carbocycles. The molecular weight excluding hydrogens is 436 g/mol. The van der Waals surface area contributed by atoms with Crippen LogP contribution < -0.4 is 5.32 Å². The number of carbonyl (C=O) groups excluding carboxylic acids is 1. The molecule has 0 fully saturated rings. The molecule has 3 aromatic rings. The third-order valence-electron chi connectivity index (χ3n) is 6.45. The van der Waals surface area contributed by atoms with Crippen LogP contribution in [0.4, 0.5) is 5.00 Å². The number of aryl methyl sites for hydroxylation is 1. The number of nitrogens with one attached hydrogen (secondary N) is 1. The lowest BCUT2D eigenvalue weighted by molar-refractivity contribution is -0.111. The Morgan fingerprint density at radius 3 is 2.06 bits per heavy atom. The number of carbonyl (C=O) groups is 1. The predicted octanol–water partition coefficient (Wildman–Crippen LogP) is 8.02. The van der Waals surface area contributed by atoms with Crippen molar-refractivity contribution in [2.45, 2.75) is 64.2 Å². The van der Waals surface area contributed by atoms with Crippen molar-refractivity contribution in [2.24, 2.45) is 0 Å². The summed E-state index contributed by atoms with van der Waals surface area (Å²) in [6, 6.07) is 22.0. The standard InChI is InChI=1S/C30H32N2OS/c31-22-27-25-19-13-5-3-1-2-4-6-14-20-28(25)34-30(27)32-29(33)26(24-17-11-8-12-18-24)21-23-15-9-7-10-16-23/h7-12,15-18,21H,1-6,13-14,19-20H2,(H,32,33)/b26-21+. The van der Waals surface area contributed by atoms with E-state index in [1.807, 2.05) is 66.7 Å². The van der Waals surface area contributed by atoms with Gasteiger partial charge in [-0.1, -0.05) is 99.2 Å². The monoisotopic (exact) mass is 468 g/mol. The second kappa shape index (κ2) is 12.3. The first-order valence-electron chi connectivity index (χ1n) is 12.4. The number of benzene rings is 2. The Balaban J connectivity index is 1.64. The van der Waals surface area contributed by atoms with Gasteiger partial charge >= 0.3 is 0 Å². The number of amides is 1. The summed E-state index contributed by atoms with van der Waals surface area (Å²) < 4.78 is 0. The number of nitrogens with zero attached hydrogens (tertiary/aromatic N) is 1. The van der Waals surface area contributed by atoms with Gasteiger partial charge in [0.1, 0.15) is 11.1 Å². The number of hydrogen-bond acceptors (Lipinski definition) is 3. The molecule has 0 spiro atoms. The van der Waals surface area contributed by atoms with Crippen LogP contribution in [0.1, 0.15) is 78.5 Å². The van der Waals surface area contributed by atoms with Crippen molar-refractivity contribution < 1.29 is 4.79 Å². The molecule has 34 heavy (non-hydrogen) atoms. The molecule has 0 radical (unpaired) electrons. The Kier molecular flexibility index (Phi) is 8.71. The molecule has 2 aromatic carbocycles. The third-order valence-corrected chi connectivity index (χ3v) is 7.66. The highest BCUT2D eigenvalue weighted by molar-refractivity contribution is 7.16. The van der Waals surface area contributed by atoms with Crippen molar-refractivity contribution in [3.8, 4) is 6.07 Å². The molecule has 0 aliphatic heterocycles. The molecule has 4 rings (SSSR count).